The topological polar surface area (TPSA) is 152 Å². The Bertz CT molecular complexity index is 928. The molecule has 0 radical (unpaired) electrons. The van der Waals surface area contributed by atoms with Crippen LogP contribution in [0, 0.1) is 0 Å². The Hall–Kier alpha value is -1.56. The Balaban J connectivity index is 2.31. The maximum Gasteiger partial charge on any atom is 0.306 e. The third-order valence-electron chi connectivity index (χ3n) is 10.9. The third kappa shape index (κ3) is 28.8. The highest BCUT2D eigenvalue weighted by molar-refractivity contribution is 5.70. The third-order valence-corrected chi connectivity index (χ3v) is 10.9. The normalized spacial score (nSPS) is 20.4. The van der Waals surface area contributed by atoms with Gasteiger partial charge in [-0.25, -0.2) is 0 Å². The van der Waals surface area contributed by atoms with Gasteiger partial charge in [-0.05, 0) is 38.5 Å². The van der Waals surface area contributed by atoms with Gasteiger partial charge in [-0.1, -0.05) is 174 Å². The molecule has 1 heterocycles. The van der Waals surface area contributed by atoms with Gasteiger partial charge in [0.1, 0.15) is 31.0 Å². The van der Waals surface area contributed by atoms with Crippen molar-refractivity contribution in [3.63, 3.8) is 0 Å². The zero-order valence-electron chi connectivity index (χ0n) is 35.9. The lowest BCUT2D eigenvalue weighted by Gasteiger charge is -2.39. The first-order chi connectivity index (χ1) is 27.3. The zero-order valence-corrected chi connectivity index (χ0v) is 35.9. The van der Waals surface area contributed by atoms with E-state index in [1.54, 1.807) is 0 Å². The summed E-state index contributed by atoms with van der Waals surface area (Å²) >= 11 is 0. The molecule has 10 heteroatoms. The Kier molecular flexibility index (Phi) is 35.3. The number of aliphatic hydroxyl groups is 4. The highest BCUT2D eigenvalue weighted by atomic mass is 16.7. The molecule has 1 fully saturated rings. The monoisotopic (exact) mass is 799 g/mol. The number of hydrogen-bond donors (Lipinski definition) is 4. The molecule has 10 nitrogen and oxygen atoms in total. The molecule has 0 spiro atoms. The van der Waals surface area contributed by atoms with E-state index in [1.165, 1.54) is 135 Å². The molecule has 6 atom stereocenters. The van der Waals surface area contributed by atoms with Gasteiger partial charge >= 0.3 is 11.9 Å². The maximum absolute atomic E-state index is 12.8. The van der Waals surface area contributed by atoms with Gasteiger partial charge in [0.25, 0.3) is 0 Å². The maximum atomic E-state index is 12.8. The lowest BCUT2D eigenvalue weighted by molar-refractivity contribution is -0.305. The van der Waals surface area contributed by atoms with Crippen LogP contribution in [0.25, 0.3) is 0 Å². The van der Waals surface area contributed by atoms with Crippen LogP contribution in [0.5, 0.6) is 0 Å². The van der Waals surface area contributed by atoms with E-state index >= 15 is 0 Å². The molecular weight excluding hydrogens is 712 g/mol. The van der Waals surface area contributed by atoms with E-state index in [-0.39, 0.29) is 32.0 Å². The Morgan fingerprint density at radius 3 is 1.39 bits per heavy atom. The number of rotatable bonds is 39. The second-order valence-electron chi connectivity index (χ2n) is 16.2. The Morgan fingerprint density at radius 2 is 0.946 bits per heavy atom. The predicted molar refractivity (Wildman–Crippen MR) is 224 cm³/mol. The first kappa shape index (κ1) is 52.5. The molecule has 330 valence electrons. The largest absolute Gasteiger partial charge is 0.462 e. The minimum absolute atomic E-state index is 0.213. The van der Waals surface area contributed by atoms with Gasteiger partial charge in [0.15, 0.2) is 12.4 Å². The molecule has 0 aromatic rings. The average molecular weight is 799 g/mol. The highest BCUT2D eigenvalue weighted by Gasteiger charge is 2.44. The summed E-state index contributed by atoms with van der Waals surface area (Å²) in [6.45, 7) is 3.44. The summed E-state index contributed by atoms with van der Waals surface area (Å²) in [6, 6.07) is 0. The fourth-order valence-corrected chi connectivity index (χ4v) is 7.18. The van der Waals surface area contributed by atoms with Gasteiger partial charge in [0, 0.05) is 12.8 Å². The number of unbranched alkanes of at least 4 members (excludes halogenated alkanes) is 26. The van der Waals surface area contributed by atoms with Crippen molar-refractivity contribution in [2.45, 2.75) is 250 Å². The van der Waals surface area contributed by atoms with Gasteiger partial charge < -0.3 is 39.4 Å². The molecule has 0 bridgehead atoms. The van der Waals surface area contributed by atoms with Gasteiger partial charge in [-0.3, -0.25) is 9.59 Å². The first-order valence-electron chi connectivity index (χ1n) is 23.3. The van der Waals surface area contributed by atoms with Gasteiger partial charge in [0.05, 0.1) is 13.2 Å². The van der Waals surface area contributed by atoms with Crippen LogP contribution in [0.4, 0.5) is 0 Å². The fraction of sp³-hybridized carbons (Fsp3) is 0.913. The molecule has 0 amide bonds. The summed E-state index contributed by atoms with van der Waals surface area (Å²) in [4.78, 5) is 25.3. The number of allylic oxidation sites excluding steroid dienone is 2. The van der Waals surface area contributed by atoms with Crippen LogP contribution in [0.1, 0.15) is 213 Å². The fourth-order valence-electron chi connectivity index (χ4n) is 7.18. The molecular formula is C46H86O10. The number of esters is 2. The second kappa shape index (κ2) is 37.7. The summed E-state index contributed by atoms with van der Waals surface area (Å²) < 4.78 is 22.2. The van der Waals surface area contributed by atoms with E-state index in [0.29, 0.717) is 6.42 Å². The summed E-state index contributed by atoms with van der Waals surface area (Å²) in [7, 11) is 0. The van der Waals surface area contributed by atoms with Crippen LogP contribution >= 0.6 is 0 Å². The van der Waals surface area contributed by atoms with Crippen LogP contribution in [0.3, 0.4) is 0 Å². The number of ether oxygens (including phenoxy) is 4. The van der Waals surface area contributed by atoms with Crippen molar-refractivity contribution < 1.29 is 49.0 Å². The minimum atomic E-state index is -1.59. The predicted octanol–water partition coefficient (Wildman–Crippen LogP) is 9.95. The van der Waals surface area contributed by atoms with Crippen LogP contribution in [0.2, 0.25) is 0 Å². The van der Waals surface area contributed by atoms with Crippen LogP contribution < -0.4 is 0 Å². The average Bonchev–Trinajstić information content (AvgIpc) is 3.19. The molecule has 2 unspecified atom stereocenters. The number of carbonyl (C=O) groups excluding carboxylic acids is 2. The van der Waals surface area contributed by atoms with E-state index in [9.17, 15) is 30.0 Å². The first-order valence-corrected chi connectivity index (χ1v) is 23.3. The van der Waals surface area contributed by atoms with E-state index in [0.717, 1.165) is 44.9 Å². The lowest BCUT2D eigenvalue weighted by Crippen LogP contribution is -2.59. The molecule has 4 N–H and O–H groups in total. The molecule has 0 aromatic heterocycles. The van der Waals surface area contributed by atoms with Crippen LogP contribution in [-0.2, 0) is 28.5 Å². The summed E-state index contributed by atoms with van der Waals surface area (Å²) in [5.41, 5.74) is 0. The van der Waals surface area contributed by atoms with Gasteiger partial charge in [-0.15, -0.1) is 0 Å². The molecule has 0 aromatic carbocycles. The van der Waals surface area contributed by atoms with E-state index in [2.05, 4.69) is 26.0 Å². The number of carbonyl (C=O) groups is 2. The summed E-state index contributed by atoms with van der Waals surface area (Å²) in [6.07, 6.45) is 32.1. The summed E-state index contributed by atoms with van der Waals surface area (Å²) in [5.74, 6) is -0.801. The van der Waals surface area contributed by atoms with Gasteiger partial charge in [-0.2, -0.15) is 0 Å². The highest BCUT2D eigenvalue weighted by Crippen LogP contribution is 2.23. The molecule has 1 aliphatic heterocycles. The lowest BCUT2D eigenvalue weighted by atomic mass is 9.99. The molecule has 1 aliphatic rings. The molecule has 56 heavy (non-hydrogen) atoms. The SMILES string of the molecule is CCCCCCCC/C=C/CCCCCCCCCC(=O)O[C@H](COC(=O)CCCCCCCCCCCCCCCC)CO[C@@H]1O[C@H](CO)[C@H](O)C(O)C1O. The van der Waals surface area contributed by atoms with Crippen LogP contribution in [0.15, 0.2) is 12.2 Å². The number of hydrogen-bond acceptors (Lipinski definition) is 10. The number of aliphatic hydroxyl groups excluding tert-OH is 4. The van der Waals surface area contributed by atoms with E-state index in [1.807, 2.05) is 0 Å². The van der Waals surface area contributed by atoms with Crippen LogP contribution in [-0.4, -0.2) is 89.0 Å². The van der Waals surface area contributed by atoms with Crippen molar-refractivity contribution >= 4 is 11.9 Å². The smallest absolute Gasteiger partial charge is 0.306 e. The molecule has 1 saturated heterocycles. The standard InChI is InChI=1S/C46H86O10/c1-3-5-7-9-11-13-15-17-19-20-21-23-25-27-29-31-33-35-42(49)55-39(38-54-46-45(52)44(51)43(50)40(36-47)56-46)37-53-41(48)34-32-30-28-26-24-22-18-16-14-12-10-8-6-4-2/h17,19,39-40,43-47,50-52H,3-16,18,20-38H2,1-2H3/b19-17+/t39-,40-,43+,44?,45?,46-/m1/s1. The second-order valence-corrected chi connectivity index (χ2v) is 16.2. The van der Waals surface area contributed by atoms with Crippen molar-refractivity contribution in [3.05, 3.63) is 12.2 Å². The zero-order chi connectivity index (χ0) is 40.9. The molecule has 0 aliphatic carbocycles. The quantitative estimate of drug-likeness (QED) is 0.0269. The van der Waals surface area contributed by atoms with Crippen molar-refractivity contribution in [2.75, 3.05) is 19.8 Å². The summed E-state index contributed by atoms with van der Waals surface area (Å²) in [5, 5.41) is 40.1. The Labute approximate surface area is 341 Å². The van der Waals surface area contributed by atoms with E-state index in [4.69, 9.17) is 18.9 Å². The van der Waals surface area contributed by atoms with Crippen molar-refractivity contribution in [2.24, 2.45) is 0 Å². The minimum Gasteiger partial charge on any atom is -0.462 e. The van der Waals surface area contributed by atoms with E-state index < -0.39 is 49.4 Å². The molecule has 0 saturated carbocycles. The van der Waals surface area contributed by atoms with Crippen molar-refractivity contribution in [1.29, 1.82) is 0 Å². The Morgan fingerprint density at radius 1 is 0.536 bits per heavy atom. The van der Waals surface area contributed by atoms with Crippen molar-refractivity contribution in [1.82, 2.24) is 0 Å². The van der Waals surface area contributed by atoms with Gasteiger partial charge in [0.2, 0.25) is 0 Å². The van der Waals surface area contributed by atoms with Crippen molar-refractivity contribution in [3.8, 4) is 0 Å². The molecule has 1 rings (SSSR count).